The second-order valence-electron chi connectivity index (χ2n) is 6.97. The van der Waals surface area contributed by atoms with Gasteiger partial charge in [-0.05, 0) is 36.5 Å². The highest BCUT2D eigenvalue weighted by molar-refractivity contribution is 5.76. The summed E-state index contributed by atoms with van der Waals surface area (Å²) in [5.41, 5.74) is 1.13. The highest BCUT2D eigenvalue weighted by Gasteiger charge is 2.14. The Morgan fingerprint density at radius 3 is 2.67 bits per heavy atom. The summed E-state index contributed by atoms with van der Waals surface area (Å²) in [6.07, 6.45) is 10.1. The van der Waals surface area contributed by atoms with Crippen LogP contribution in [0.25, 0.3) is 0 Å². The monoisotopic (exact) mass is 331 g/mol. The van der Waals surface area contributed by atoms with Gasteiger partial charge in [0.2, 0.25) is 5.91 Å². The van der Waals surface area contributed by atoms with E-state index in [1.165, 1.54) is 32.1 Å². The van der Waals surface area contributed by atoms with Gasteiger partial charge >= 0.3 is 0 Å². The van der Waals surface area contributed by atoms with Gasteiger partial charge in [-0.1, -0.05) is 38.2 Å². The molecule has 0 bridgehead atoms. The Morgan fingerprint density at radius 2 is 1.83 bits per heavy atom. The fraction of sp³-hybridized carbons (Fsp3) is 0.650. The van der Waals surface area contributed by atoms with Crippen LogP contribution in [0.15, 0.2) is 18.2 Å². The quantitative estimate of drug-likeness (QED) is 0.861. The average Bonchev–Trinajstić information content (AvgIpc) is 2.86. The van der Waals surface area contributed by atoms with Crippen molar-refractivity contribution < 1.29 is 14.3 Å². The number of carbonyl (C=O) groups is 1. The maximum atomic E-state index is 12.0. The molecule has 4 heteroatoms. The summed E-state index contributed by atoms with van der Waals surface area (Å²) in [6.45, 7) is 2.22. The minimum absolute atomic E-state index is 0.151. The molecule has 24 heavy (non-hydrogen) atoms. The normalized spacial score (nSPS) is 18.0. The van der Waals surface area contributed by atoms with Gasteiger partial charge in [0.05, 0.1) is 13.2 Å². The molecule has 1 aliphatic carbocycles. The molecule has 4 nitrogen and oxygen atoms in total. The number of amides is 1. The van der Waals surface area contributed by atoms with Crippen LogP contribution in [0.1, 0.15) is 56.9 Å². The van der Waals surface area contributed by atoms with E-state index >= 15 is 0 Å². The van der Waals surface area contributed by atoms with Gasteiger partial charge in [0.15, 0.2) is 11.5 Å². The predicted octanol–water partition coefficient (Wildman–Crippen LogP) is 3.87. The maximum Gasteiger partial charge on any atom is 0.220 e. The van der Waals surface area contributed by atoms with Gasteiger partial charge in [-0.2, -0.15) is 0 Å². The van der Waals surface area contributed by atoms with E-state index in [1.807, 2.05) is 18.2 Å². The van der Waals surface area contributed by atoms with Crippen LogP contribution in [-0.4, -0.2) is 25.7 Å². The molecule has 0 aromatic heterocycles. The van der Waals surface area contributed by atoms with Gasteiger partial charge in [0, 0.05) is 19.4 Å². The molecule has 1 fully saturated rings. The molecule has 1 aromatic rings. The third kappa shape index (κ3) is 5.15. The number of rotatable bonds is 6. The van der Waals surface area contributed by atoms with Crippen LogP contribution in [-0.2, 0) is 11.2 Å². The van der Waals surface area contributed by atoms with Crippen molar-refractivity contribution in [1.82, 2.24) is 5.32 Å². The number of ether oxygens (including phenoxy) is 2. The topological polar surface area (TPSA) is 47.6 Å². The summed E-state index contributed by atoms with van der Waals surface area (Å²) >= 11 is 0. The van der Waals surface area contributed by atoms with Gasteiger partial charge in [-0.15, -0.1) is 0 Å². The van der Waals surface area contributed by atoms with E-state index < -0.39 is 0 Å². The van der Waals surface area contributed by atoms with Gasteiger partial charge in [0.25, 0.3) is 0 Å². The van der Waals surface area contributed by atoms with Crippen molar-refractivity contribution in [3.05, 3.63) is 23.8 Å². The second-order valence-corrected chi connectivity index (χ2v) is 6.97. The van der Waals surface area contributed by atoms with E-state index in [-0.39, 0.29) is 5.91 Å². The van der Waals surface area contributed by atoms with Crippen molar-refractivity contribution in [2.45, 2.75) is 57.8 Å². The Labute approximate surface area is 144 Å². The molecule has 1 heterocycles. The number of aryl methyl sites for hydroxylation is 1. The van der Waals surface area contributed by atoms with E-state index in [9.17, 15) is 4.79 Å². The molecule has 1 N–H and O–H groups in total. The molecule has 2 aliphatic rings. The lowest BCUT2D eigenvalue weighted by molar-refractivity contribution is -0.121. The molecule has 1 aliphatic heterocycles. The van der Waals surface area contributed by atoms with E-state index in [0.717, 1.165) is 48.8 Å². The first-order valence-electron chi connectivity index (χ1n) is 9.46. The van der Waals surface area contributed by atoms with Crippen molar-refractivity contribution >= 4 is 5.91 Å². The molecule has 0 saturated heterocycles. The number of hydrogen-bond acceptors (Lipinski definition) is 3. The lowest BCUT2D eigenvalue weighted by atomic mass is 9.87. The summed E-state index contributed by atoms with van der Waals surface area (Å²) < 4.78 is 11.3. The number of benzene rings is 1. The van der Waals surface area contributed by atoms with Crippen molar-refractivity contribution in [2.24, 2.45) is 5.92 Å². The predicted molar refractivity (Wildman–Crippen MR) is 94.6 cm³/mol. The Morgan fingerprint density at radius 1 is 1.04 bits per heavy atom. The molecule has 1 amide bonds. The average molecular weight is 331 g/mol. The largest absolute Gasteiger partial charge is 0.490 e. The van der Waals surface area contributed by atoms with E-state index in [0.29, 0.717) is 19.6 Å². The van der Waals surface area contributed by atoms with Crippen LogP contribution in [0.5, 0.6) is 11.5 Å². The Balaban J connectivity index is 1.38. The zero-order valence-electron chi connectivity index (χ0n) is 14.5. The van der Waals surface area contributed by atoms with Crippen molar-refractivity contribution in [2.75, 3.05) is 19.8 Å². The number of hydrogen-bond donors (Lipinski definition) is 1. The molecule has 3 rings (SSSR count). The smallest absolute Gasteiger partial charge is 0.220 e. The molecule has 0 spiro atoms. The molecule has 132 valence electrons. The minimum Gasteiger partial charge on any atom is -0.490 e. The van der Waals surface area contributed by atoms with Crippen LogP contribution >= 0.6 is 0 Å². The molecular weight excluding hydrogens is 302 g/mol. The van der Waals surface area contributed by atoms with Crippen LogP contribution in [0.3, 0.4) is 0 Å². The second kappa shape index (κ2) is 8.95. The lowest BCUT2D eigenvalue weighted by Crippen LogP contribution is -2.26. The third-order valence-corrected chi connectivity index (χ3v) is 5.05. The molecular formula is C20H29NO3. The zero-order chi connectivity index (χ0) is 16.6. The Bertz CT molecular complexity index is 538. The standard InChI is InChI=1S/C20H29NO3/c22-20(21-12-11-16-5-2-1-3-6-16)10-8-17-7-9-18-19(15-17)24-14-4-13-23-18/h7,9,15-16H,1-6,8,10-14H2,(H,21,22). The van der Waals surface area contributed by atoms with Crippen LogP contribution in [0.2, 0.25) is 0 Å². The number of carbonyl (C=O) groups excluding carboxylic acids is 1. The van der Waals surface area contributed by atoms with Crippen molar-refractivity contribution in [1.29, 1.82) is 0 Å². The summed E-state index contributed by atoms with van der Waals surface area (Å²) in [6, 6.07) is 6.00. The SMILES string of the molecule is O=C(CCc1ccc2c(c1)OCCCO2)NCCC1CCCCC1. The first kappa shape index (κ1) is 17.1. The fourth-order valence-corrected chi connectivity index (χ4v) is 3.60. The third-order valence-electron chi connectivity index (χ3n) is 5.05. The van der Waals surface area contributed by atoms with Crippen LogP contribution in [0, 0.1) is 5.92 Å². The number of fused-ring (bicyclic) bond motifs is 1. The molecule has 0 atom stereocenters. The highest BCUT2D eigenvalue weighted by Crippen LogP contribution is 2.30. The fourth-order valence-electron chi connectivity index (χ4n) is 3.60. The van der Waals surface area contributed by atoms with Gasteiger partial charge in [-0.25, -0.2) is 0 Å². The Kier molecular flexibility index (Phi) is 6.39. The molecule has 1 aromatic carbocycles. The summed E-state index contributed by atoms with van der Waals surface area (Å²) in [5.74, 6) is 2.59. The van der Waals surface area contributed by atoms with Crippen LogP contribution < -0.4 is 14.8 Å². The van der Waals surface area contributed by atoms with E-state index in [2.05, 4.69) is 5.32 Å². The minimum atomic E-state index is 0.151. The van der Waals surface area contributed by atoms with Crippen molar-refractivity contribution in [3.63, 3.8) is 0 Å². The molecule has 1 saturated carbocycles. The summed E-state index contributed by atoms with van der Waals surface area (Å²) in [7, 11) is 0. The Hall–Kier alpha value is -1.71. The van der Waals surface area contributed by atoms with Gasteiger partial charge in [-0.3, -0.25) is 4.79 Å². The summed E-state index contributed by atoms with van der Waals surface area (Å²) in [5, 5.41) is 3.08. The summed E-state index contributed by atoms with van der Waals surface area (Å²) in [4.78, 5) is 12.0. The first-order valence-corrected chi connectivity index (χ1v) is 9.46. The van der Waals surface area contributed by atoms with Crippen molar-refractivity contribution in [3.8, 4) is 11.5 Å². The lowest BCUT2D eigenvalue weighted by Gasteiger charge is -2.21. The molecule has 0 radical (unpaired) electrons. The highest BCUT2D eigenvalue weighted by atomic mass is 16.5. The zero-order valence-corrected chi connectivity index (χ0v) is 14.5. The van der Waals surface area contributed by atoms with Crippen LogP contribution in [0.4, 0.5) is 0 Å². The number of nitrogens with one attached hydrogen (secondary N) is 1. The van der Waals surface area contributed by atoms with Gasteiger partial charge < -0.3 is 14.8 Å². The molecule has 0 unspecified atom stereocenters. The van der Waals surface area contributed by atoms with Gasteiger partial charge in [0.1, 0.15) is 0 Å². The maximum absolute atomic E-state index is 12.0. The first-order chi connectivity index (χ1) is 11.8. The van der Waals surface area contributed by atoms with E-state index in [4.69, 9.17) is 9.47 Å². The van der Waals surface area contributed by atoms with E-state index in [1.54, 1.807) is 0 Å².